The molecule has 0 aromatic heterocycles. The Labute approximate surface area is 327 Å². The molecule has 3 N–H and O–H groups in total. The highest BCUT2D eigenvalue weighted by Gasteiger charge is 2.61. The smallest absolute Gasteiger partial charge is 0.408 e. The van der Waals surface area contributed by atoms with Gasteiger partial charge in [0.1, 0.15) is 35.6 Å². The molecule has 0 unspecified atom stereocenters. The Bertz CT molecular complexity index is 2010. The van der Waals surface area contributed by atoms with Gasteiger partial charge in [0.15, 0.2) is 0 Å². The predicted octanol–water partition coefficient (Wildman–Crippen LogP) is 5.05. The highest BCUT2D eigenvalue weighted by Crippen LogP contribution is 2.45. The van der Waals surface area contributed by atoms with Crippen LogP contribution in [0.2, 0.25) is 5.02 Å². The second kappa shape index (κ2) is 16.7. The molecule has 0 radical (unpaired) electrons. The summed E-state index contributed by atoms with van der Waals surface area (Å²) in [6.07, 6.45) is 0.857. The second-order valence-electron chi connectivity index (χ2n) is 15.0. The summed E-state index contributed by atoms with van der Waals surface area (Å²) in [6, 6.07) is 20.0. The monoisotopic (exact) mass is 793 g/mol. The number of hydrogen-bond donors (Lipinski definition) is 3. The van der Waals surface area contributed by atoms with Gasteiger partial charge < -0.3 is 29.9 Å². The molecule has 4 amide bonds. The number of ether oxygens (including phenoxy) is 2. The molecule has 3 aromatic rings. The first kappa shape index (κ1) is 41.1. The van der Waals surface area contributed by atoms with Gasteiger partial charge in [-0.1, -0.05) is 67.9 Å². The van der Waals surface area contributed by atoms with Crippen LogP contribution in [-0.4, -0.2) is 80.0 Å². The number of amides is 4. The number of carbonyl (C=O) groups excluding carboxylic acids is 4. The summed E-state index contributed by atoms with van der Waals surface area (Å²) in [5.74, 6) is -2.53. The summed E-state index contributed by atoms with van der Waals surface area (Å²) < 4.78 is 40.5. The van der Waals surface area contributed by atoms with Gasteiger partial charge in [-0.05, 0) is 75.1 Å². The van der Waals surface area contributed by atoms with Crippen LogP contribution in [0.15, 0.2) is 96.4 Å². The van der Waals surface area contributed by atoms with E-state index in [1.807, 2.05) is 30.3 Å². The van der Waals surface area contributed by atoms with Crippen molar-refractivity contribution in [2.24, 2.45) is 11.8 Å². The van der Waals surface area contributed by atoms with E-state index in [2.05, 4.69) is 21.9 Å². The van der Waals surface area contributed by atoms with Gasteiger partial charge in [0.2, 0.25) is 11.8 Å². The van der Waals surface area contributed by atoms with E-state index in [9.17, 15) is 27.6 Å². The quantitative estimate of drug-likeness (QED) is 0.201. The molecule has 15 heteroatoms. The van der Waals surface area contributed by atoms with E-state index in [4.69, 9.17) is 21.1 Å². The fourth-order valence-electron chi connectivity index (χ4n) is 6.38. The van der Waals surface area contributed by atoms with Crippen molar-refractivity contribution in [3.05, 3.63) is 102 Å². The molecule has 1 saturated heterocycles. The zero-order valence-corrected chi connectivity index (χ0v) is 33.2. The lowest BCUT2D eigenvalue weighted by Gasteiger charge is -2.43. The number of rotatable bonds is 13. The number of nitrogens with zero attached hydrogens (tertiary/aromatic N) is 2. The van der Waals surface area contributed by atoms with Gasteiger partial charge in [0.05, 0.1) is 11.4 Å². The van der Waals surface area contributed by atoms with Gasteiger partial charge in [-0.25, -0.2) is 17.9 Å². The molecule has 13 nitrogen and oxygen atoms in total. The topological polar surface area (TPSA) is 163 Å². The average Bonchev–Trinajstić information content (AvgIpc) is 3.86. The minimum Gasteiger partial charge on any atom is -0.489 e. The maximum atomic E-state index is 14.4. The highest BCUT2D eigenvalue weighted by atomic mass is 35.5. The molecule has 3 aromatic carbocycles. The zero-order chi connectivity index (χ0) is 40.1. The molecule has 0 spiro atoms. The Morgan fingerprint density at radius 1 is 1.00 bits per heavy atom. The number of hydrogen-bond acceptors (Lipinski definition) is 9. The largest absolute Gasteiger partial charge is 0.489 e. The maximum Gasteiger partial charge on any atom is 0.408 e. The number of halogens is 1. The van der Waals surface area contributed by atoms with Gasteiger partial charge in [-0.2, -0.15) is 0 Å². The SMILES string of the molecule is C=C[C@@H]1C[C@]1(NC(=O)[C@H]1CN(C(=O)[C@@H](NC(=O)OC(C)(C)C)C(C)C)CCN1c1ccc(Cl)cc1)C(=O)NS(=O)(=O)c1cccc(OCc2ccccc2)c1. The lowest BCUT2D eigenvalue weighted by Crippen LogP contribution is -2.65. The number of anilines is 1. The van der Waals surface area contributed by atoms with Crippen LogP contribution in [0.25, 0.3) is 0 Å². The number of sulfonamides is 1. The van der Waals surface area contributed by atoms with Crippen molar-refractivity contribution in [2.45, 2.75) is 75.8 Å². The first-order chi connectivity index (χ1) is 25.9. The predicted molar refractivity (Wildman–Crippen MR) is 209 cm³/mol. The number of nitrogens with one attached hydrogen (secondary N) is 3. The fourth-order valence-corrected chi connectivity index (χ4v) is 7.57. The Kier molecular flexibility index (Phi) is 12.5. The van der Waals surface area contributed by atoms with Gasteiger partial charge in [-0.3, -0.25) is 14.4 Å². The van der Waals surface area contributed by atoms with E-state index in [0.29, 0.717) is 10.7 Å². The lowest BCUT2D eigenvalue weighted by atomic mass is 10.0. The van der Waals surface area contributed by atoms with Crippen molar-refractivity contribution in [3.63, 3.8) is 0 Å². The first-order valence-electron chi connectivity index (χ1n) is 18.0. The summed E-state index contributed by atoms with van der Waals surface area (Å²) in [6.45, 7) is 13.1. The van der Waals surface area contributed by atoms with Crippen molar-refractivity contribution in [3.8, 4) is 5.75 Å². The molecule has 2 fully saturated rings. The number of carbonyl (C=O) groups is 4. The van der Waals surface area contributed by atoms with E-state index in [-0.39, 0.29) is 49.2 Å². The van der Waals surface area contributed by atoms with E-state index in [0.717, 1.165) is 5.56 Å². The average molecular weight is 794 g/mol. The molecule has 5 rings (SSSR count). The van der Waals surface area contributed by atoms with E-state index in [1.165, 1.54) is 29.2 Å². The van der Waals surface area contributed by atoms with Crippen LogP contribution in [0.3, 0.4) is 0 Å². The Hall–Kier alpha value is -5.08. The van der Waals surface area contributed by atoms with E-state index in [1.54, 1.807) is 69.9 Å². The van der Waals surface area contributed by atoms with Crippen LogP contribution in [0, 0.1) is 11.8 Å². The molecule has 4 atom stereocenters. The summed E-state index contributed by atoms with van der Waals surface area (Å²) in [7, 11) is -4.40. The van der Waals surface area contributed by atoms with E-state index >= 15 is 0 Å². The highest BCUT2D eigenvalue weighted by molar-refractivity contribution is 7.90. The fraction of sp³-hybridized carbons (Fsp3) is 0.400. The molecule has 294 valence electrons. The molecule has 0 bridgehead atoms. The maximum absolute atomic E-state index is 14.4. The first-order valence-corrected chi connectivity index (χ1v) is 19.9. The van der Waals surface area contributed by atoms with Crippen LogP contribution >= 0.6 is 11.6 Å². The van der Waals surface area contributed by atoms with Crippen molar-refractivity contribution >= 4 is 51.1 Å². The number of piperazine rings is 1. The molecule has 1 aliphatic heterocycles. The molecule has 1 saturated carbocycles. The summed E-state index contributed by atoms with van der Waals surface area (Å²) >= 11 is 6.16. The summed E-state index contributed by atoms with van der Waals surface area (Å²) in [5.41, 5.74) is -0.862. The Morgan fingerprint density at radius 2 is 1.69 bits per heavy atom. The normalized spacial score (nSPS) is 20.2. The van der Waals surface area contributed by atoms with Crippen LogP contribution in [0.5, 0.6) is 5.75 Å². The van der Waals surface area contributed by atoms with Crippen molar-refractivity contribution in [1.29, 1.82) is 0 Å². The van der Waals surface area contributed by atoms with Gasteiger partial charge in [0, 0.05) is 35.8 Å². The van der Waals surface area contributed by atoms with Crippen molar-refractivity contribution in [2.75, 3.05) is 24.5 Å². The summed E-state index contributed by atoms with van der Waals surface area (Å²) in [5, 5.41) is 6.01. The third-order valence-electron chi connectivity index (χ3n) is 9.40. The second-order valence-corrected chi connectivity index (χ2v) is 17.1. The third kappa shape index (κ3) is 10.2. The number of benzene rings is 3. The van der Waals surface area contributed by atoms with Crippen molar-refractivity contribution < 1.29 is 37.1 Å². The molecule has 55 heavy (non-hydrogen) atoms. The zero-order valence-electron chi connectivity index (χ0n) is 31.6. The standard InChI is InChI=1S/C40H48ClN5O8S/c1-7-28-23-40(28,37(49)44-55(51,52)32-15-11-14-31(22-32)53-25-27-12-9-8-10-13-27)43-35(47)33-24-45(20-21-46(33)30-18-16-29(41)17-19-30)36(48)34(26(2)3)42-38(50)54-39(4,5)6/h7-19,22,26,28,33-34H,1,20-21,23-25H2,2-6H3,(H,42,50)(H,43,47)(H,44,49)/t28-,33-,34+,40-/m1/s1. The van der Waals surface area contributed by atoms with Gasteiger partial charge in [0.25, 0.3) is 15.9 Å². The van der Waals surface area contributed by atoms with Crippen LogP contribution in [0.4, 0.5) is 10.5 Å². The van der Waals surface area contributed by atoms with E-state index < -0.39 is 63.0 Å². The van der Waals surface area contributed by atoms with Crippen LogP contribution in [0.1, 0.15) is 46.6 Å². The molecule has 1 heterocycles. The Morgan fingerprint density at radius 3 is 2.31 bits per heavy atom. The minimum absolute atomic E-state index is 0.100. The number of alkyl carbamates (subject to hydrolysis) is 1. The third-order valence-corrected chi connectivity index (χ3v) is 11.0. The van der Waals surface area contributed by atoms with Crippen LogP contribution < -0.4 is 25.0 Å². The lowest BCUT2D eigenvalue weighted by molar-refractivity contribution is -0.137. The van der Waals surface area contributed by atoms with Gasteiger partial charge >= 0.3 is 6.09 Å². The molecular formula is C40H48ClN5O8S. The summed E-state index contributed by atoms with van der Waals surface area (Å²) in [4.78, 5) is 58.0. The van der Waals surface area contributed by atoms with Crippen molar-refractivity contribution in [1.82, 2.24) is 20.3 Å². The molecule has 1 aliphatic carbocycles. The van der Waals surface area contributed by atoms with Crippen LogP contribution in [-0.2, 0) is 35.8 Å². The van der Waals surface area contributed by atoms with Gasteiger partial charge in [-0.15, -0.1) is 6.58 Å². The molecule has 2 aliphatic rings. The molecular weight excluding hydrogens is 746 g/mol. The Balaban J connectivity index is 1.35. The minimum atomic E-state index is -4.40.